The lowest BCUT2D eigenvalue weighted by atomic mass is 10.3. The minimum atomic E-state index is -0.0231. The van der Waals surface area contributed by atoms with Gasteiger partial charge in [-0.3, -0.25) is 9.89 Å². The third kappa shape index (κ3) is 2.02. The van der Waals surface area contributed by atoms with E-state index in [1.807, 2.05) is 24.3 Å². The van der Waals surface area contributed by atoms with Gasteiger partial charge in [-0.2, -0.15) is 0 Å². The third-order valence-corrected chi connectivity index (χ3v) is 4.17. The van der Waals surface area contributed by atoms with E-state index in [1.165, 1.54) is 0 Å². The van der Waals surface area contributed by atoms with Crippen molar-refractivity contribution in [2.75, 3.05) is 0 Å². The Morgan fingerprint density at radius 2 is 2.06 bits per heavy atom. The summed E-state index contributed by atoms with van der Waals surface area (Å²) in [5.41, 5.74) is 1.84. The number of nitrogens with one attached hydrogen (secondary N) is 1. The van der Waals surface area contributed by atoms with Gasteiger partial charge in [-0.15, -0.1) is 0 Å². The maximum atomic E-state index is 12.1. The van der Waals surface area contributed by atoms with Crippen molar-refractivity contribution in [1.82, 2.24) is 9.78 Å². The van der Waals surface area contributed by atoms with Gasteiger partial charge in [-0.1, -0.05) is 22.0 Å². The molecule has 88 valence electrons. The first-order valence-corrected chi connectivity index (χ1v) is 7.02. The van der Waals surface area contributed by atoms with E-state index in [4.69, 9.17) is 0 Å². The Morgan fingerprint density at radius 1 is 1.29 bits per heavy atom. The molecular formula is C12H10Br2N2O. The van der Waals surface area contributed by atoms with Gasteiger partial charge in [-0.05, 0) is 47.0 Å². The van der Waals surface area contributed by atoms with Crippen LogP contribution < -0.4 is 5.56 Å². The first-order valence-electron chi connectivity index (χ1n) is 5.43. The summed E-state index contributed by atoms with van der Waals surface area (Å²) < 4.78 is 3.21. The molecule has 2 aromatic rings. The van der Waals surface area contributed by atoms with E-state index in [0.29, 0.717) is 10.4 Å². The van der Waals surface area contributed by atoms with E-state index in [-0.39, 0.29) is 5.56 Å². The van der Waals surface area contributed by atoms with E-state index < -0.39 is 0 Å². The summed E-state index contributed by atoms with van der Waals surface area (Å²) in [5.74, 6) is 0.519. The summed E-state index contributed by atoms with van der Waals surface area (Å²) in [7, 11) is 0. The molecule has 3 rings (SSSR count). The molecule has 1 aliphatic carbocycles. The largest absolute Gasteiger partial charge is 0.294 e. The number of benzene rings is 1. The molecule has 0 aliphatic heterocycles. The number of aromatic nitrogens is 2. The van der Waals surface area contributed by atoms with Crippen LogP contribution in [0, 0.1) is 0 Å². The normalized spacial score (nSPS) is 15.2. The minimum absolute atomic E-state index is 0.0231. The second kappa shape index (κ2) is 4.14. The van der Waals surface area contributed by atoms with Crippen molar-refractivity contribution in [3.8, 4) is 5.69 Å². The fourth-order valence-electron chi connectivity index (χ4n) is 1.87. The van der Waals surface area contributed by atoms with Crippen molar-refractivity contribution >= 4 is 31.9 Å². The lowest BCUT2D eigenvalue weighted by Gasteiger charge is -2.01. The number of hydrogen-bond acceptors (Lipinski definition) is 1. The van der Waals surface area contributed by atoms with E-state index >= 15 is 0 Å². The molecule has 1 saturated carbocycles. The van der Waals surface area contributed by atoms with Gasteiger partial charge in [0.15, 0.2) is 0 Å². The van der Waals surface area contributed by atoms with E-state index in [2.05, 4.69) is 37.0 Å². The Kier molecular flexibility index (Phi) is 2.75. The molecule has 0 unspecified atom stereocenters. The molecule has 3 nitrogen and oxygen atoms in total. The van der Waals surface area contributed by atoms with Crippen LogP contribution in [0.15, 0.2) is 38.0 Å². The SMILES string of the molecule is O=c1c(Br)c(C2CC2)[nH]n1-c1cccc(Br)c1. The Hall–Kier alpha value is -0.810. The smallest absolute Gasteiger partial charge is 0.285 e. The van der Waals surface area contributed by atoms with Gasteiger partial charge in [0.2, 0.25) is 0 Å². The maximum absolute atomic E-state index is 12.1. The van der Waals surface area contributed by atoms with Crippen LogP contribution in [-0.4, -0.2) is 9.78 Å². The van der Waals surface area contributed by atoms with Crippen LogP contribution in [0.4, 0.5) is 0 Å². The van der Waals surface area contributed by atoms with Gasteiger partial charge < -0.3 is 0 Å². The highest BCUT2D eigenvalue weighted by Crippen LogP contribution is 2.41. The molecular weight excluding hydrogens is 348 g/mol. The molecule has 1 aromatic heterocycles. The number of H-pyrrole nitrogens is 1. The number of halogens is 2. The van der Waals surface area contributed by atoms with Crippen molar-refractivity contribution in [2.45, 2.75) is 18.8 Å². The van der Waals surface area contributed by atoms with E-state index in [0.717, 1.165) is 28.7 Å². The lowest BCUT2D eigenvalue weighted by molar-refractivity contribution is 0.815. The van der Waals surface area contributed by atoms with Crippen molar-refractivity contribution < 1.29 is 0 Å². The van der Waals surface area contributed by atoms with Gasteiger partial charge in [0.25, 0.3) is 5.56 Å². The average Bonchev–Trinajstić information content (AvgIpc) is 3.09. The van der Waals surface area contributed by atoms with Gasteiger partial charge in [0, 0.05) is 10.4 Å². The molecule has 1 N–H and O–H groups in total. The topological polar surface area (TPSA) is 37.8 Å². The Labute approximate surface area is 115 Å². The number of rotatable bonds is 2. The summed E-state index contributed by atoms with van der Waals surface area (Å²) >= 11 is 6.79. The van der Waals surface area contributed by atoms with Crippen molar-refractivity contribution in [3.63, 3.8) is 0 Å². The van der Waals surface area contributed by atoms with Crippen LogP contribution in [0.25, 0.3) is 5.69 Å². The van der Waals surface area contributed by atoms with Crippen LogP contribution in [0.3, 0.4) is 0 Å². The summed E-state index contributed by atoms with van der Waals surface area (Å²) in [5, 5.41) is 3.19. The predicted molar refractivity (Wildman–Crippen MR) is 73.8 cm³/mol. The summed E-state index contributed by atoms with van der Waals surface area (Å²) in [4.78, 5) is 12.1. The Balaban J connectivity index is 2.15. The molecule has 1 aromatic carbocycles. The van der Waals surface area contributed by atoms with Crippen molar-refractivity contribution in [1.29, 1.82) is 0 Å². The highest BCUT2D eigenvalue weighted by atomic mass is 79.9. The second-order valence-corrected chi connectivity index (χ2v) is 5.94. The molecule has 1 aliphatic rings. The molecule has 1 heterocycles. The summed E-state index contributed by atoms with van der Waals surface area (Å²) in [6.45, 7) is 0. The molecule has 17 heavy (non-hydrogen) atoms. The van der Waals surface area contributed by atoms with Crippen LogP contribution >= 0.6 is 31.9 Å². The van der Waals surface area contributed by atoms with Crippen LogP contribution in [0.2, 0.25) is 0 Å². The maximum Gasteiger partial charge on any atom is 0.285 e. The van der Waals surface area contributed by atoms with E-state index in [1.54, 1.807) is 4.68 Å². The zero-order valence-electron chi connectivity index (χ0n) is 8.91. The lowest BCUT2D eigenvalue weighted by Crippen LogP contribution is -2.14. The Bertz CT molecular complexity index is 626. The van der Waals surface area contributed by atoms with Gasteiger partial charge in [-0.25, -0.2) is 4.68 Å². The quantitative estimate of drug-likeness (QED) is 0.876. The summed E-state index contributed by atoms with van der Waals surface area (Å²) in [6.07, 6.45) is 2.33. The predicted octanol–water partition coefficient (Wildman–Crippen LogP) is 3.57. The highest BCUT2D eigenvalue weighted by Gasteiger charge is 2.29. The Morgan fingerprint density at radius 3 is 2.71 bits per heavy atom. The number of nitrogens with zero attached hydrogens (tertiary/aromatic N) is 1. The molecule has 0 bridgehead atoms. The second-order valence-electron chi connectivity index (χ2n) is 4.23. The number of hydrogen-bond donors (Lipinski definition) is 1. The molecule has 0 amide bonds. The zero-order valence-corrected chi connectivity index (χ0v) is 12.1. The highest BCUT2D eigenvalue weighted by molar-refractivity contribution is 9.10. The van der Waals surface area contributed by atoms with Gasteiger partial charge >= 0.3 is 0 Å². The molecule has 0 atom stereocenters. The van der Waals surface area contributed by atoms with Gasteiger partial charge in [0.05, 0.1) is 11.4 Å². The number of aromatic amines is 1. The van der Waals surface area contributed by atoms with Crippen LogP contribution in [0.1, 0.15) is 24.5 Å². The van der Waals surface area contributed by atoms with Crippen LogP contribution in [0.5, 0.6) is 0 Å². The molecule has 1 fully saturated rings. The van der Waals surface area contributed by atoms with Gasteiger partial charge in [0.1, 0.15) is 4.47 Å². The molecule has 5 heteroatoms. The first-order chi connectivity index (χ1) is 8.16. The summed E-state index contributed by atoms with van der Waals surface area (Å²) in [6, 6.07) is 7.68. The third-order valence-electron chi connectivity index (χ3n) is 2.91. The fourth-order valence-corrected chi connectivity index (χ4v) is 2.85. The molecule has 0 spiro atoms. The molecule has 0 saturated heterocycles. The fraction of sp³-hybridized carbons (Fsp3) is 0.250. The monoisotopic (exact) mass is 356 g/mol. The first kappa shape index (κ1) is 11.3. The van der Waals surface area contributed by atoms with Crippen LogP contribution in [-0.2, 0) is 0 Å². The zero-order chi connectivity index (χ0) is 12.0. The average molecular weight is 358 g/mol. The standard InChI is InChI=1S/C12H10Br2N2O/c13-8-2-1-3-9(6-8)16-12(17)10(14)11(15-16)7-4-5-7/h1-3,6-7,15H,4-5H2. The van der Waals surface area contributed by atoms with Crippen molar-refractivity contribution in [3.05, 3.63) is 49.3 Å². The van der Waals surface area contributed by atoms with E-state index in [9.17, 15) is 4.79 Å². The minimum Gasteiger partial charge on any atom is -0.294 e. The molecule has 0 radical (unpaired) electrons. The van der Waals surface area contributed by atoms with Crippen molar-refractivity contribution in [2.24, 2.45) is 0 Å².